The van der Waals surface area contributed by atoms with Crippen LogP contribution in [0.15, 0.2) is 36.4 Å². The van der Waals surface area contributed by atoms with Gasteiger partial charge in [0, 0.05) is 42.6 Å². The van der Waals surface area contributed by atoms with Crippen molar-refractivity contribution in [2.75, 3.05) is 41.3 Å². The number of nitrogens with zero attached hydrogens (tertiary/aromatic N) is 3. The molecule has 2 aliphatic heterocycles. The van der Waals surface area contributed by atoms with E-state index in [1.54, 1.807) is 18.2 Å². The van der Waals surface area contributed by atoms with E-state index in [-0.39, 0.29) is 31.8 Å². The zero-order valence-electron chi connectivity index (χ0n) is 18.9. The normalized spacial score (nSPS) is 20.6. The Hall–Kier alpha value is -2.41. The van der Waals surface area contributed by atoms with Gasteiger partial charge in [0.15, 0.2) is 0 Å². The summed E-state index contributed by atoms with van der Waals surface area (Å²) in [5.74, 6) is -2.93. The number of carbonyl (C=O) groups excluding carboxylic acids is 1. The van der Waals surface area contributed by atoms with E-state index in [0.717, 1.165) is 35.2 Å². The summed E-state index contributed by atoms with van der Waals surface area (Å²) >= 11 is 2.27. The van der Waals surface area contributed by atoms with E-state index >= 15 is 0 Å². The Kier molecular flexibility index (Phi) is 6.17. The zero-order chi connectivity index (χ0) is 23.9. The Labute approximate surface area is 212 Å². The lowest BCUT2D eigenvalue weighted by Gasteiger charge is -2.35. The molecule has 8 heteroatoms. The molecular weight excluding hydrogens is 549 g/mol. The fourth-order valence-electron chi connectivity index (χ4n) is 5.15. The SMILES string of the molecule is N#Cc1c(NC(=O)c2ccc(I)cc2N2CCC3(CC2)CC3)cccc1N1CCC(F)(F)CC1. The first kappa shape index (κ1) is 23.3. The molecule has 0 atom stereocenters. The van der Waals surface area contributed by atoms with Crippen LogP contribution in [0.4, 0.5) is 25.8 Å². The van der Waals surface area contributed by atoms with E-state index < -0.39 is 5.92 Å². The molecule has 0 radical (unpaired) electrons. The number of rotatable bonds is 4. The average molecular weight is 576 g/mol. The molecule has 2 heterocycles. The van der Waals surface area contributed by atoms with Gasteiger partial charge in [-0.1, -0.05) is 6.07 Å². The first-order valence-corrected chi connectivity index (χ1v) is 12.9. The third-order valence-electron chi connectivity index (χ3n) is 7.56. The topological polar surface area (TPSA) is 59.4 Å². The van der Waals surface area contributed by atoms with Crippen molar-refractivity contribution in [1.29, 1.82) is 5.26 Å². The van der Waals surface area contributed by atoms with Crippen LogP contribution in [-0.4, -0.2) is 38.0 Å². The van der Waals surface area contributed by atoms with Crippen LogP contribution < -0.4 is 15.1 Å². The van der Waals surface area contributed by atoms with E-state index in [1.807, 2.05) is 17.0 Å². The minimum Gasteiger partial charge on any atom is -0.371 e. The van der Waals surface area contributed by atoms with Crippen molar-refractivity contribution in [2.24, 2.45) is 5.41 Å². The summed E-state index contributed by atoms with van der Waals surface area (Å²) in [6.07, 6.45) is 4.49. The van der Waals surface area contributed by atoms with Crippen molar-refractivity contribution >= 4 is 45.6 Å². The van der Waals surface area contributed by atoms with Crippen LogP contribution in [0.25, 0.3) is 0 Å². The highest BCUT2D eigenvalue weighted by Crippen LogP contribution is 2.54. The van der Waals surface area contributed by atoms with E-state index in [0.29, 0.717) is 27.9 Å². The first-order chi connectivity index (χ1) is 16.3. The van der Waals surface area contributed by atoms with E-state index in [9.17, 15) is 18.8 Å². The minimum atomic E-state index is -2.66. The summed E-state index contributed by atoms with van der Waals surface area (Å²) in [7, 11) is 0. The van der Waals surface area contributed by atoms with Gasteiger partial charge in [-0.05, 0) is 84.0 Å². The van der Waals surface area contributed by atoms with E-state index in [2.05, 4.69) is 44.9 Å². The molecule has 5 rings (SSSR count). The number of alkyl halides is 2. The van der Waals surface area contributed by atoms with Crippen LogP contribution in [-0.2, 0) is 0 Å². The number of halogens is 3. The number of nitriles is 1. The molecule has 0 bridgehead atoms. The van der Waals surface area contributed by atoms with Crippen molar-refractivity contribution in [3.8, 4) is 6.07 Å². The van der Waals surface area contributed by atoms with Crippen LogP contribution >= 0.6 is 22.6 Å². The Morgan fingerprint density at radius 2 is 1.59 bits per heavy atom. The Morgan fingerprint density at radius 3 is 2.24 bits per heavy atom. The first-order valence-electron chi connectivity index (χ1n) is 11.8. The maximum atomic E-state index is 13.6. The van der Waals surface area contributed by atoms with Gasteiger partial charge in [-0.3, -0.25) is 4.79 Å². The summed E-state index contributed by atoms with van der Waals surface area (Å²) in [6, 6.07) is 13.2. The Morgan fingerprint density at radius 1 is 0.941 bits per heavy atom. The molecule has 0 aromatic heterocycles. The number of piperidine rings is 2. The van der Waals surface area contributed by atoms with Crippen LogP contribution in [0.5, 0.6) is 0 Å². The third kappa shape index (κ3) is 4.72. The second-order valence-corrected chi connectivity index (χ2v) is 11.0. The largest absolute Gasteiger partial charge is 0.371 e. The molecule has 2 aromatic carbocycles. The standard InChI is InChI=1S/C26H27F2IN4O/c27-26(28)10-14-32(15-11-26)22-3-1-2-21(20(22)17-30)31-24(34)19-5-4-18(29)16-23(19)33-12-8-25(6-7-25)9-13-33/h1-5,16H,6-15H2,(H,31,34). The van der Waals surface area contributed by atoms with Crippen molar-refractivity contribution in [3.63, 3.8) is 0 Å². The Balaban J connectivity index is 1.38. The van der Waals surface area contributed by atoms with Gasteiger partial charge in [0.2, 0.25) is 0 Å². The molecular formula is C26H27F2IN4O. The molecule has 34 heavy (non-hydrogen) atoms. The van der Waals surface area contributed by atoms with Gasteiger partial charge in [-0.25, -0.2) is 8.78 Å². The number of carbonyl (C=O) groups is 1. The van der Waals surface area contributed by atoms with Crippen molar-refractivity contribution < 1.29 is 13.6 Å². The summed E-state index contributed by atoms with van der Waals surface area (Å²) < 4.78 is 28.3. The molecule has 5 nitrogen and oxygen atoms in total. The molecule has 1 amide bonds. The second kappa shape index (κ2) is 8.99. The smallest absolute Gasteiger partial charge is 0.257 e. The van der Waals surface area contributed by atoms with Crippen molar-refractivity contribution in [1.82, 2.24) is 0 Å². The highest BCUT2D eigenvalue weighted by atomic mass is 127. The number of benzene rings is 2. The number of hydrogen-bond acceptors (Lipinski definition) is 4. The Bertz CT molecular complexity index is 1140. The van der Waals surface area contributed by atoms with Gasteiger partial charge in [-0.15, -0.1) is 0 Å². The molecule has 1 N–H and O–H groups in total. The van der Waals surface area contributed by atoms with Crippen LogP contribution in [0, 0.1) is 20.3 Å². The lowest BCUT2D eigenvalue weighted by atomic mass is 9.93. The lowest BCUT2D eigenvalue weighted by Crippen LogP contribution is -2.39. The maximum Gasteiger partial charge on any atom is 0.257 e. The van der Waals surface area contributed by atoms with Gasteiger partial charge in [0.25, 0.3) is 11.8 Å². The van der Waals surface area contributed by atoms with Crippen LogP contribution in [0.2, 0.25) is 0 Å². The molecule has 1 saturated carbocycles. The molecule has 3 aliphatic rings. The highest BCUT2D eigenvalue weighted by Gasteiger charge is 2.44. The highest BCUT2D eigenvalue weighted by molar-refractivity contribution is 14.1. The minimum absolute atomic E-state index is 0.177. The fourth-order valence-corrected chi connectivity index (χ4v) is 5.62. The fraction of sp³-hybridized carbons (Fsp3) is 0.462. The predicted molar refractivity (Wildman–Crippen MR) is 138 cm³/mol. The van der Waals surface area contributed by atoms with Gasteiger partial charge in [0.05, 0.1) is 28.2 Å². The van der Waals surface area contributed by atoms with E-state index in [1.165, 1.54) is 12.8 Å². The summed E-state index contributed by atoms with van der Waals surface area (Å²) in [4.78, 5) is 17.5. The molecule has 2 saturated heterocycles. The van der Waals surface area contributed by atoms with Gasteiger partial charge < -0.3 is 15.1 Å². The van der Waals surface area contributed by atoms with Crippen molar-refractivity contribution in [2.45, 2.75) is 44.4 Å². The zero-order valence-corrected chi connectivity index (χ0v) is 21.1. The maximum absolute atomic E-state index is 13.6. The molecule has 1 aliphatic carbocycles. The number of amides is 1. The number of nitrogens with one attached hydrogen (secondary N) is 1. The predicted octanol–water partition coefficient (Wildman–Crippen LogP) is 6.03. The van der Waals surface area contributed by atoms with E-state index in [4.69, 9.17) is 0 Å². The summed E-state index contributed by atoms with van der Waals surface area (Å²) in [6.45, 7) is 2.24. The number of anilines is 3. The van der Waals surface area contributed by atoms with Crippen molar-refractivity contribution in [3.05, 3.63) is 51.1 Å². The lowest BCUT2D eigenvalue weighted by molar-refractivity contribution is -0.0220. The molecule has 178 valence electrons. The molecule has 3 fully saturated rings. The van der Waals surface area contributed by atoms with Crippen LogP contribution in [0.3, 0.4) is 0 Å². The van der Waals surface area contributed by atoms with Gasteiger partial charge in [0.1, 0.15) is 6.07 Å². The number of hydrogen-bond donors (Lipinski definition) is 1. The van der Waals surface area contributed by atoms with Gasteiger partial charge in [-0.2, -0.15) is 5.26 Å². The molecule has 2 aromatic rings. The second-order valence-electron chi connectivity index (χ2n) is 9.76. The van der Waals surface area contributed by atoms with Crippen LogP contribution in [0.1, 0.15) is 54.4 Å². The third-order valence-corrected chi connectivity index (χ3v) is 8.24. The average Bonchev–Trinajstić information content (AvgIpc) is 3.58. The quantitative estimate of drug-likeness (QED) is 0.452. The monoisotopic (exact) mass is 576 g/mol. The van der Waals surface area contributed by atoms with Gasteiger partial charge >= 0.3 is 0 Å². The summed E-state index contributed by atoms with van der Waals surface area (Å²) in [5, 5.41) is 12.8. The molecule has 1 spiro atoms. The molecule has 0 unspecified atom stereocenters. The summed E-state index contributed by atoms with van der Waals surface area (Å²) in [5.41, 5.74) is 3.35.